The fraction of sp³-hybridized carbons (Fsp3) is 0.240. The molecule has 178 valence electrons. The van der Waals surface area contributed by atoms with Gasteiger partial charge in [-0.1, -0.05) is 48.0 Å². The number of aliphatic imine (C=N–C) groups is 1. The lowest BCUT2D eigenvalue weighted by Gasteiger charge is -2.20. The molecule has 3 aliphatic rings. The largest absolute Gasteiger partial charge is 0.487 e. The van der Waals surface area contributed by atoms with Gasteiger partial charge < -0.3 is 9.64 Å². The molecule has 0 bridgehead atoms. The molecule has 3 aliphatic heterocycles. The Balaban J connectivity index is 1.29. The molecule has 0 unspecified atom stereocenters. The standard InChI is InChI=1S/C25H22ClN5O3S/c26-19-13-17(8-9-20(19)34-15-16-6-2-1-3-7-16)12-18-23(27)31-25(28-24(18)33)35-21(29-31)14-22(32)30-10-4-5-11-30/h1-3,6-9,12-13,27H,4-5,10-11,14-15H2/b18-12-,27-23?. The fourth-order valence-electron chi connectivity index (χ4n) is 3.94. The zero-order chi connectivity index (χ0) is 24.4. The second-order valence-electron chi connectivity index (χ2n) is 8.24. The van der Waals surface area contributed by atoms with Gasteiger partial charge in [-0.05, 0) is 53.9 Å². The minimum absolute atomic E-state index is 0.00651. The Hall–Kier alpha value is -3.43. The molecular weight excluding hydrogens is 486 g/mol. The highest BCUT2D eigenvalue weighted by atomic mass is 35.5. The van der Waals surface area contributed by atoms with Crippen LogP contribution >= 0.6 is 23.4 Å². The number of carbonyl (C=O) groups is 2. The van der Waals surface area contributed by atoms with Gasteiger partial charge >= 0.3 is 0 Å². The Kier molecular flexibility index (Phi) is 6.70. The molecule has 0 atom stereocenters. The van der Waals surface area contributed by atoms with Gasteiger partial charge in [0.2, 0.25) is 11.1 Å². The summed E-state index contributed by atoms with van der Waals surface area (Å²) in [6.07, 6.45) is 3.73. The van der Waals surface area contributed by atoms with Crippen molar-refractivity contribution < 1.29 is 14.3 Å². The van der Waals surface area contributed by atoms with E-state index in [1.165, 1.54) is 5.01 Å². The SMILES string of the molecule is N=C1/C(=C/c2ccc(OCc3ccccc3)c(Cl)c2)C(=O)N=C2SC(CC(=O)N3CCCC3)=NN12. The van der Waals surface area contributed by atoms with Crippen LogP contribution in [-0.4, -0.2) is 50.9 Å². The Labute approximate surface area is 211 Å². The van der Waals surface area contributed by atoms with Crippen LogP contribution in [0.2, 0.25) is 5.02 Å². The number of amides is 2. The number of amidine groups is 2. The Bertz CT molecular complexity index is 1290. The van der Waals surface area contributed by atoms with Crippen LogP contribution in [0.4, 0.5) is 0 Å². The molecule has 5 rings (SSSR count). The van der Waals surface area contributed by atoms with Crippen molar-refractivity contribution in [2.45, 2.75) is 25.9 Å². The molecule has 0 spiro atoms. The minimum Gasteiger partial charge on any atom is -0.487 e. The van der Waals surface area contributed by atoms with E-state index in [0.29, 0.717) is 33.2 Å². The Morgan fingerprint density at radius 1 is 1.17 bits per heavy atom. The number of thioether (sulfide) groups is 1. The molecule has 3 heterocycles. The van der Waals surface area contributed by atoms with Gasteiger partial charge in [-0.3, -0.25) is 15.0 Å². The van der Waals surface area contributed by atoms with Gasteiger partial charge in [0.1, 0.15) is 17.4 Å². The van der Waals surface area contributed by atoms with Gasteiger partial charge in [-0.25, -0.2) is 0 Å². The van der Waals surface area contributed by atoms with Crippen molar-refractivity contribution in [3.05, 3.63) is 70.3 Å². The minimum atomic E-state index is -0.531. The topological polar surface area (TPSA) is 98.4 Å². The van der Waals surface area contributed by atoms with Crippen molar-refractivity contribution >= 4 is 57.3 Å². The van der Waals surface area contributed by atoms with E-state index in [9.17, 15) is 9.59 Å². The van der Waals surface area contributed by atoms with Gasteiger partial charge in [0.15, 0.2) is 5.84 Å². The van der Waals surface area contributed by atoms with Gasteiger partial charge in [0.05, 0.1) is 17.0 Å². The average molecular weight is 508 g/mol. The summed E-state index contributed by atoms with van der Waals surface area (Å²) in [5.74, 6) is -0.0869. The summed E-state index contributed by atoms with van der Waals surface area (Å²) in [6, 6.07) is 14.9. The first-order chi connectivity index (χ1) is 17.0. The third kappa shape index (κ3) is 5.16. The predicted octanol–water partition coefficient (Wildman–Crippen LogP) is 4.55. The smallest absolute Gasteiger partial charge is 0.283 e. The van der Waals surface area contributed by atoms with Crippen molar-refractivity contribution in [1.82, 2.24) is 9.91 Å². The molecule has 2 amide bonds. The number of hydrazone groups is 1. The van der Waals surface area contributed by atoms with E-state index >= 15 is 0 Å². The van der Waals surface area contributed by atoms with Crippen LogP contribution in [0, 0.1) is 5.41 Å². The molecule has 1 saturated heterocycles. The molecule has 1 N–H and O–H groups in total. The van der Waals surface area contributed by atoms with E-state index in [-0.39, 0.29) is 23.7 Å². The Morgan fingerprint density at radius 3 is 2.69 bits per heavy atom. The summed E-state index contributed by atoms with van der Waals surface area (Å²) in [5.41, 5.74) is 1.75. The zero-order valence-corrected chi connectivity index (χ0v) is 20.3. The molecule has 0 aromatic heterocycles. The first-order valence-corrected chi connectivity index (χ1v) is 12.4. The van der Waals surface area contributed by atoms with Crippen molar-refractivity contribution in [2.24, 2.45) is 10.1 Å². The van der Waals surface area contributed by atoms with Crippen molar-refractivity contribution in [1.29, 1.82) is 5.41 Å². The lowest BCUT2D eigenvalue weighted by Crippen LogP contribution is -2.35. The van der Waals surface area contributed by atoms with Crippen LogP contribution in [0.1, 0.15) is 30.4 Å². The lowest BCUT2D eigenvalue weighted by molar-refractivity contribution is -0.128. The van der Waals surface area contributed by atoms with Gasteiger partial charge in [-0.2, -0.15) is 15.1 Å². The van der Waals surface area contributed by atoms with Crippen LogP contribution in [0.5, 0.6) is 5.75 Å². The summed E-state index contributed by atoms with van der Waals surface area (Å²) >= 11 is 7.56. The highest BCUT2D eigenvalue weighted by Gasteiger charge is 2.36. The van der Waals surface area contributed by atoms with E-state index in [1.54, 1.807) is 24.3 Å². The third-order valence-electron chi connectivity index (χ3n) is 5.76. The summed E-state index contributed by atoms with van der Waals surface area (Å²) < 4.78 is 5.80. The van der Waals surface area contributed by atoms with Crippen LogP contribution in [0.25, 0.3) is 6.08 Å². The van der Waals surface area contributed by atoms with E-state index in [4.69, 9.17) is 21.7 Å². The van der Waals surface area contributed by atoms with Crippen molar-refractivity contribution in [2.75, 3.05) is 13.1 Å². The van der Waals surface area contributed by atoms with Crippen molar-refractivity contribution in [3.63, 3.8) is 0 Å². The predicted molar refractivity (Wildman–Crippen MR) is 138 cm³/mol. The number of nitrogens with one attached hydrogen (secondary N) is 1. The van der Waals surface area contributed by atoms with Crippen LogP contribution < -0.4 is 4.74 Å². The summed E-state index contributed by atoms with van der Waals surface area (Å²) in [5, 5.41) is 15.4. The zero-order valence-electron chi connectivity index (χ0n) is 18.7. The molecule has 10 heteroatoms. The monoisotopic (exact) mass is 507 g/mol. The summed E-state index contributed by atoms with van der Waals surface area (Å²) in [6.45, 7) is 1.91. The second kappa shape index (κ2) is 10.1. The highest BCUT2D eigenvalue weighted by molar-refractivity contribution is 8.27. The molecule has 0 radical (unpaired) electrons. The average Bonchev–Trinajstić information content (AvgIpc) is 3.52. The number of hydrogen-bond acceptors (Lipinski definition) is 6. The third-order valence-corrected chi connectivity index (χ3v) is 6.97. The summed E-state index contributed by atoms with van der Waals surface area (Å²) in [7, 11) is 0. The van der Waals surface area contributed by atoms with E-state index in [0.717, 1.165) is 43.3 Å². The maximum atomic E-state index is 12.7. The number of carbonyl (C=O) groups excluding carboxylic acids is 2. The molecule has 8 nitrogen and oxygen atoms in total. The van der Waals surface area contributed by atoms with Gasteiger partial charge in [0.25, 0.3) is 5.91 Å². The van der Waals surface area contributed by atoms with Crippen molar-refractivity contribution in [3.8, 4) is 5.75 Å². The van der Waals surface area contributed by atoms with E-state index in [2.05, 4.69) is 10.1 Å². The number of ether oxygens (including phenoxy) is 1. The highest BCUT2D eigenvalue weighted by Crippen LogP contribution is 2.31. The number of halogens is 1. The number of fused-ring (bicyclic) bond motifs is 1. The Morgan fingerprint density at radius 2 is 1.94 bits per heavy atom. The molecule has 1 fully saturated rings. The number of likely N-dealkylation sites (tertiary alicyclic amines) is 1. The molecule has 0 saturated carbocycles. The molecule has 0 aliphatic carbocycles. The van der Waals surface area contributed by atoms with Gasteiger partial charge in [-0.15, -0.1) is 0 Å². The summed E-state index contributed by atoms with van der Waals surface area (Å²) in [4.78, 5) is 31.1. The normalized spacial score (nSPS) is 18.6. The lowest BCUT2D eigenvalue weighted by atomic mass is 10.1. The maximum Gasteiger partial charge on any atom is 0.283 e. The van der Waals surface area contributed by atoms with E-state index < -0.39 is 5.91 Å². The second-order valence-corrected chi connectivity index (χ2v) is 9.69. The van der Waals surface area contributed by atoms with E-state index in [1.807, 2.05) is 35.2 Å². The molecule has 2 aromatic rings. The maximum absolute atomic E-state index is 12.7. The number of benzene rings is 2. The van der Waals surface area contributed by atoms with Crippen LogP contribution in [-0.2, 0) is 16.2 Å². The first-order valence-electron chi connectivity index (χ1n) is 11.2. The quantitative estimate of drug-likeness (QED) is 0.578. The molecular formula is C25H22ClN5O3S. The molecule has 35 heavy (non-hydrogen) atoms. The van der Waals surface area contributed by atoms with Crippen LogP contribution in [0.3, 0.4) is 0 Å². The fourth-order valence-corrected chi connectivity index (χ4v) is 5.06. The number of rotatable bonds is 6. The van der Waals surface area contributed by atoms with Crippen LogP contribution in [0.15, 0.2) is 64.2 Å². The number of nitrogens with zero attached hydrogens (tertiary/aromatic N) is 4. The number of hydrogen-bond donors (Lipinski definition) is 1. The first kappa shape index (κ1) is 23.3. The van der Waals surface area contributed by atoms with Gasteiger partial charge in [0, 0.05) is 13.1 Å². The molecule has 2 aromatic carbocycles.